The lowest BCUT2D eigenvalue weighted by Crippen LogP contribution is -2.15. The predicted octanol–water partition coefficient (Wildman–Crippen LogP) is 3.18. The van der Waals surface area contributed by atoms with Crippen molar-refractivity contribution in [3.8, 4) is 0 Å². The van der Waals surface area contributed by atoms with Gasteiger partial charge >= 0.3 is 0 Å². The molecule has 3 aromatic rings. The van der Waals surface area contributed by atoms with Crippen LogP contribution in [-0.2, 0) is 11.2 Å². The van der Waals surface area contributed by atoms with Crippen molar-refractivity contribution in [2.75, 3.05) is 5.32 Å². The van der Waals surface area contributed by atoms with E-state index in [0.29, 0.717) is 6.42 Å². The fourth-order valence-electron chi connectivity index (χ4n) is 2.07. The minimum Gasteiger partial charge on any atom is -0.324 e. The van der Waals surface area contributed by atoms with Gasteiger partial charge in [-0.05, 0) is 24.1 Å². The van der Waals surface area contributed by atoms with E-state index in [-0.39, 0.29) is 5.91 Å². The Labute approximate surface area is 120 Å². The minimum absolute atomic E-state index is 0.0419. The zero-order chi connectivity index (χ0) is 13.9. The van der Waals surface area contributed by atoms with E-state index < -0.39 is 0 Å². The van der Waals surface area contributed by atoms with E-state index in [1.54, 1.807) is 0 Å². The number of carbonyl (C=O) groups is 1. The predicted molar refractivity (Wildman–Crippen MR) is 80.9 cm³/mol. The second-order valence-corrected chi connectivity index (χ2v) is 5.13. The van der Waals surface area contributed by atoms with Gasteiger partial charge in [0.25, 0.3) is 0 Å². The zero-order valence-corrected chi connectivity index (χ0v) is 11.8. The van der Waals surface area contributed by atoms with Crippen LogP contribution in [-0.4, -0.2) is 14.7 Å². The summed E-state index contributed by atoms with van der Waals surface area (Å²) < 4.78 is 8.45. The van der Waals surface area contributed by atoms with Crippen molar-refractivity contribution in [3.63, 3.8) is 0 Å². The van der Waals surface area contributed by atoms with Crippen molar-refractivity contribution >= 4 is 34.4 Å². The first-order valence-electron chi connectivity index (χ1n) is 6.29. The lowest BCUT2D eigenvalue weighted by Gasteiger charge is -2.08. The molecule has 3 rings (SSSR count). The van der Waals surface area contributed by atoms with Gasteiger partial charge < -0.3 is 5.32 Å². The molecule has 0 fully saturated rings. The number of amides is 1. The smallest absolute Gasteiger partial charge is 0.228 e. The van der Waals surface area contributed by atoms with E-state index in [9.17, 15) is 4.79 Å². The molecule has 1 amide bonds. The Hall–Kier alpha value is -2.27. The van der Waals surface area contributed by atoms with Crippen LogP contribution in [0, 0.1) is 6.92 Å². The summed E-state index contributed by atoms with van der Waals surface area (Å²) in [6.07, 6.45) is 0.355. The van der Waals surface area contributed by atoms with Crippen LogP contribution in [0.2, 0.25) is 0 Å². The van der Waals surface area contributed by atoms with Gasteiger partial charge in [-0.15, -0.1) is 0 Å². The Bertz CT molecular complexity index is 752. The first-order chi connectivity index (χ1) is 9.74. The maximum atomic E-state index is 12.1. The van der Waals surface area contributed by atoms with Crippen LogP contribution < -0.4 is 5.32 Å². The third-order valence-electron chi connectivity index (χ3n) is 3.11. The van der Waals surface area contributed by atoms with Crippen molar-refractivity contribution in [2.45, 2.75) is 13.3 Å². The summed E-state index contributed by atoms with van der Waals surface area (Å²) in [4.78, 5) is 12.1. The van der Waals surface area contributed by atoms with E-state index in [1.165, 1.54) is 0 Å². The monoisotopic (exact) mass is 283 g/mol. The summed E-state index contributed by atoms with van der Waals surface area (Å²) in [6.45, 7) is 1.96. The fraction of sp³-hybridized carbons (Fsp3) is 0.133. The van der Waals surface area contributed by atoms with Gasteiger partial charge in [-0.3, -0.25) is 4.79 Å². The second kappa shape index (κ2) is 5.38. The average molecular weight is 283 g/mol. The van der Waals surface area contributed by atoms with Crippen molar-refractivity contribution in [3.05, 3.63) is 53.6 Å². The van der Waals surface area contributed by atoms with Gasteiger partial charge in [-0.2, -0.15) is 8.75 Å². The Kier molecular flexibility index (Phi) is 3.43. The third-order valence-corrected chi connectivity index (χ3v) is 3.65. The molecule has 0 aliphatic carbocycles. The van der Waals surface area contributed by atoms with Crippen LogP contribution >= 0.6 is 11.7 Å². The first kappa shape index (κ1) is 12.7. The number of hydrogen-bond acceptors (Lipinski definition) is 4. The lowest BCUT2D eigenvalue weighted by atomic mass is 10.1. The molecule has 100 valence electrons. The number of benzene rings is 2. The number of carbonyl (C=O) groups excluding carboxylic acids is 1. The van der Waals surface area contributed by atoms with Gasteiger partial charge in [-0.1, -0.05) is 36.4 Å². The molecule has 4 nitrogen and oxygen atoms in total. The highest BCUT2D eigenvalue weighted by Gasteiger charge is 2.11. The summed E-state index contributed by atoms with van der Waals surface area (Å²) in [5.74, 6) is -0.0419. The van der Waals surface area contributed by atoms with E-state index in [4.69, 9.17) is 0 Å². The average Bonchev–Trinajstić information content (AvgIpc) is 2.92. The highest BCUT2D eigenvalue weighted by atomic mass is 32.1. The van der Waals surface area contributed by atoms with Gasteiger partial charge in [0.05, 0.1) is 23.8 Å². The van der Waals surface area contributed by atoms with Crippen LogP contribution in [0.25, 0.3) is 11.0 Å². The molecule has 0 saturated heterocycles. The summed E-state index contributed by atoms with van der Waals surface area (Å²) in [7, 11) is 0. The van der Waals surface area contributed by atoms with Crippen molar-refractivity contribution < 1.29 is 4.79 Å². The van der Waals surface area contributed by atoms with Gasteiger partial charge in [0.1, 0.15) is 11.0 Å². The second-order valence-electron chi connectivity index (χ2n) is 4.60. The number of fused-ring (bicyclic) bond motifs is 1. The van der Waals surface area contributed by atoms with Gasteiger partial charge in [0.15, 0.2) is 0 Å². The molecule has 1 N–H and O–H groups in total. The van der Waals surface area contributed by atoms with Crippen LogP contribution in [0.3, 0.4) is 0 Å². The van der Waals surface area contributed by atoms with Crippen molar-refractivity contribution in [2.24, 2.45) is 0 Å². The molecule has 0 unspecified atom stereocenters. The molecule has 0 saturated carbocycles. The molecular formula is C15H13N3OS. The zero-order valence-electron chi connectivity index (χ0n) is 11.0. The van der Waals surface area contributed by atoms with E-state index in [2.05, 4.69) is 14.1 Å². The summed E-state index contributed by atoms with van der Waals surface area (Å²) in [5.41, 5.74) is 4.32. The number of hydrogen-bond donors (Lipinski definition) is 1. The fourth-order valence-corrected chi connectivity index (χ4v) is 2.62. The number of anilines is 1. The molecule has 0 spiro atoms. The summed E-state index contributed by atoms with van der Waals surface area (Å²) >= 11 is 1.16. The van der Waals surface area contributed by atoms with Crippen LogP contribution in [0.4, 0.5) is 5.69 Å². The van der Waals surface area contributed by atoms with E-state index >= 15 is 0 Å². The van der Waals surface area contributed by atoms with Crippen molar-refractivity contribution in [1.82, 2.24) is 8.75 Å². The van der Waals surface area contributed by atoms with Crippen molar-refractivity contribution in [1.29, 1.82) is 0 Å². The summed E-state index contributed by atoms with van der Waals surface area (Å²) in [6, 6.07) is 13.5. The van der Waals surface area contributed by atoms with Gasteiger partial charge in [0, 0.05) is 0 Å². The molecule has 2 aromatic carbocycles. The number of rotatable bonds is 3. The van der Waals surface area contributed by atoms with E-state index in [0.717, 1.165) is 39.6 Å². The SMILES string of the molecule is Cc1ccc2nsnc2c1NC(=O)Cc1ccccc1. The normalized spacial score (nSPS) is 10.7. The number of aromatic nitrogens is 2. The molecule has 0 aliphatic rings. The van der Waals surface area contributed by atoms with Gasteiger partial charge in [0.2, 0.25) is 5.91 Å². The molecule has 0 aliphatic heterocycles. The minimum atomic E-state index is -0.0419. The molecule has 20 heavy (non-hydrogen) atoms. The molecule has 0 bridgehead atoms. The van der Waals surface area contributed by atoms with Crippen LogP contribution in [0.15, 0.2) is 42.5 Å². The first-order valence-corrected chi connectivity index (χ1v) is 7.03. The molecule has 1 aromatic heterocycles. The maximum Gasteiger partial charge on any atom is 0.228 e. The van der Waals surface area contributed by atoms with Crippen LogP contribution in [0.5, 0.6) is 0 Å². The Balaban J connectivity index is 1.84. The lowest BCUT2D eigenvalue weighted by molar-refractivity contribution is -0.115. The summed E-state index contributed by atoms with van der Waals surface area (Å²) in [5, 5.41) is 2.95. The largest absolute Gasteiger partial charge is 0.324 e. The molecule has 0 radical (unpaired) electrons. The Morgan fingerprint density at radius 1 is 1.15 bits per heavy atom. The highest BCUT2D eigenvalue weighted by Crippen LogP contribution is 2.25. The number of nitrogens with one attached hydrogen (secondary N) is 1. The standard InChI is InChI=1S/C15H13N3OS/c1-10-7-8-12-15(18-20-17-12)14(10)16-13(19)9-11-5-3-2-4-6-11/h2-8H,9H2,1H3,(H,16,19). The molecule has 0 atom stereocenters. The van der Waals surface area contributed by atoms with Crippen LogP contribution in [0.1, 0.15) is 11.1 Å². The molecule has 1 heterocycles. The quantitative estimate of drug-likeness (QED) is 0.803. The number of nitrogens with zero attached hydrogens (tertiary/aromatic N) is 2. The third kappa shape index (κ3) is 2.53. The maximum absolute atomic E-state index is 12.1. The van der Waals surface area contributed by atoms with E-state index in [1.807, 2.05) is 49.4 Å². The molecular weight excluding hydrogens is 270 g/mol. The van der Waals surface area contributed by atoms with Gasteiger partial charge in [-0.25, -0.2) is 0 Å². The highest BCUT2D eigenvalue weighted by molar-refractivity contribution is 7.00. The topological polar surface area (TPSA) is 54.9 Å². The Morgan fingerprint density at radius 2 is 1.95 bits per heavy atom. The Morgan fingerprint density at radius 3 is 2.75 bits per heavy atom. The molecule has 5 heteroatoms. The number of aryl methyl sites for hydroxylation is 1.